The molecule has 0 unspecified atom stereocenters. The lowest BCUT2D eigenvalue weighted by Gasteiger charge is -2.16. The Morgan fingerprint density at radius 1 is 0.933 bits per heavy atom. The van der Waals surface area contributed by atoms with Crippen molar-refractivity contribution in [2.24, 2.45) is 0 Å². The maximum absolute atomic E-state index is 12.1. The van der Waals surface area contributed by atoms with Crippen LogP contribution in [0.3, 0.4) is 0 Å². The summed E-state index contributed by atoms with van der Waals surface area (Å²) in [7, 11) is 0. The number of hydrogen-bond acceptors (Lipinski definition) is 1. The fourth-order valence-corrected chi connectivity index (χ4v) is 1.53. The summed E-state index contributed by atoms with van der Waals surface area (Å²) < 4.78 is 40.3. The molecule has 0 atom stereocenters. The number of halogens is 3. The second-order valence-corrected chi connectivity index (χ2v) is 3.64. The lowest BCUT2D eigenvalue weighted by molar-refractivity contribution is -0.275. The van der Waals surface area contributed by atoms with Crippen LogP contribution >= 0.6 is 0 Å². The van der Waals surface area contributed by atoms with Crippen LogP contribution in [0.2, 0.25) is 0 Å². The van der Waals surface area contributed by atoms with Crippen molar-refractivity contribution in [3.63, 3.8) is 0 Å². The summed E-state index contributed by atoms with van der Waals surface area (Å²) in [6.45, 7) is 6.90. The van der Waals surface area contributed by atoms with E-state index in [1.54, 1.807) is 26.8 Å². The van der Waals surface area contributed by atoms with Gasteiger partial charge < -0.3 is 4.74 Å². The first-order chi connectivity index (χ1) is 6.72. The minimum atomic E-state index is -4.63. The van der Waals surface area contributed by atoms with Crippen molar-refractivity contribution in [3.05, 3.63) is 28.3 Å². The summed E-state index contributed by atoms with van der Waals surface area (Å²) in [5.74, 6) is -0.0781. The summed E-state index contributed by atoms with van der Waals surface area (Å²) in [6, 6.07) is 1.70. The average Bonchev–Trinajstić information content (AvgIpc) is 2.07. The molecule has 1 rings (SSSR count). The molecule has 0 spiro atoms. The number of hydrogen-bond donors (Lipinski definition) is 0. The molecule has 0 amide bonds. The SMILES string of the molecule is Cc1cc(C)c(OC(F)(F)F)c(C)c1C. The van der Waals surface area contributed by atoms with Crippen molar-refractivity contribution >= 4 is 0 Å². The van der Waals surface area contributed by atoms with Crippen LogP contribution in [-0.2, 0) is 0 Å². The lowest BCUT2D eigenvalue weighted by atomic mass is 10.00. The molecule has 0 aromatic heterocycles. The Hall–Kier alpha value is -1.19. The van der Waals surface area contributed by atoms with Crippen LogP contribution in [0, 0.1) is 27.7 Å². The molecule has 1 nitrogen and oxygen atoms in total. The Morgan fingerprint density at radius 3 is 1.93 bits per heavy atom. The summed E-state index contributed by atoms with van der Waals surface area (Å²) in [4.78, 5) is 0. The van der Waals surface area contributed by atoms with Crippen molar-refractivity contribution in [2.45, 2.75) is 34.1 Å². The van der Waals surface area contributed by atoms with Crippen LogP contribution in [-0.4, -0.2) is 6.36 Å². The van der Waals surface area contributed by atoms with Gasteiger partial charge >= 0.3 is 6.36 Å². The van der Waals surface area contributed by atoms with E-state index in [0.29, 0.717) is 11.1 Å². The van der Waals surface area contributed by atoms with Crippen molar-refractivity contribution in [2.75, 3.05) is 0 Å². The zero-order valence-corrected chi connectivity index (χ0v) is 9.12. The Kier molecular flexibility index (Phi) is 2.98. The largest absolute Gasteiger partial charge is 0.573 e. The van der Waals surface area contributed by atoms with E-state index in [1.807, 2.05) is 6.92 Å². The van der Waals surface area contributed by atoms with E-state index in [9.17, 15) is 13.2 Å². The molecule has 0 aliphatic rings. The van der Waals surface area contributed by atoms with Crippen LogP contribution in [0.1, 0.15) is 22.3 Å². The Labute approximate surface area is 86.9 Å². The second kappa shape index (κ2) is 3.76. The fraction of sp³-hybridized carbons (Fsp3) is 0.455. The number of benzene rings is 1. The lowest BCUT2D eigenvalue weighted by Crippen LogP contribution is -2.19. The van der Waals surface area contributed by atoms with Crippen LogP contribution in [0.15, 0.2) is 6.07 Å². The maximum Gasteiger partial charge on any atom is 0.573 e. The highest BCUT2D eigenvalue weighted by Gasteiger charge is 2.32. The highest BCUT2D eigenvalue weighted by molar-refractivity contribution is 5.48. The topological polar surface area (TPSA) is 9.23 Å². The Balaban J connectivity index is 3.24. The van der Waals surface area contributed by atoms with Crippen molar-refractivity contribution in [1.29, 1.82) is 0 Å². The standard InChI is InChI=1S/C11H13F3O/c1-6-5-7(2)10(9(4)8(6)3)15-11(12,13)14/h5H,1-4H3. The van der Waals surface area contributed by atoms with Crippen LogP contribution in [0.25, 0.3) is 0 Å². The van der Waals surface area contributed by atoms with Gasteiger partial charge in [0.1, 0.15) is 5.75 Å². The third-order valence-electron chi connectivity index (χ3n) is 2.50. The van der Waals surface area contributed by atoms with E-state index in [-0.39, 0.29) is 5.75 Å². The Bertz CT molecular complexity index is 380. The number of ether oxygens (including phenoxy) is 1. The van der Waals surface area contributed by atoms with E-state index in [0.717, 1.165) is 11.1 Å². The minimum Gasteiger partial charge on any atom is -0.405 e. The molecule has 0 bridgehead atoms. The van der Waals surface area contributed by atoms with Crippen LogP contribution in [0.5, 0.6) is 5.75 Å². The first-order valence-corrected chi connectivity index (χ1v) is 4.55. The van der Waals surface area contributed by atoms with E-state index < -0.39 is 6.36 Å². The molecule has 0 heterocycles. The van der Waals surface area contributed by atoms with E-state index >= 15 is 0 Å². The molecule has 0 saturated carbocycles. The molecular weight excluding hydrogens is 205 g/mol. The van der Waals surface area contributed by atoms with E-state index in [2.05, 4.69) is 4.74 Å². The van der Waals surface area contributed by atoms with Crippen molar-refractivity contribution in [3.8, 4) is 5.75 Å². The average molecular weight is 218 g/mol. The molecule has 15 heavy (non-hydrogen) atoms. The molecular formula is C11H13F3O. The zero-order valence-electron chi connectivity index (χ0n) is 9.12. The van der Waals surface area contributed by atoms with Crippen molar-refractivity contribution < 1.29 is 17.9 Å². The zero-order chi connectivity index (χ0) is 11.8. The highest BCUT2D eigenvalue weighted by atomic mass is 19.4. The van der Waals surface area contributed by atoms with Gasteiger partial charge in [-0.1, -0.05) is 6.07 Å². The number of aryl methyl sites for hydroxylation is 2. The van der Waals surface area contributed by atoms with E-state index in [4.69, 9.17) is 0 Å². The summed E-state index contributed by atoms with van der Waals surface area (Å²) >= 11 is 0. The molecule has 84 valence electrons. The first kappa shape index (κ1) is 11.9. The molecule has 4 heteroatoms. The first-order valence-electron chi connectivity index (χ1n) is 4.55. The molecule has 1 aromatic carbocycles. The molecule has 0 aliphatic heterocycles. The van der Waals surface area contributed by atoms with Gasteiger partial charge in [0, 0.05) is 0 Å². The van der Waals surface area contributed by atoms with Gasteiger partial charge in [-0.15, -0.1) is 13.2 Å². The Morgan fingerprint density at radius 2 is 1.47 bits per heavy atom. The van der Waals surface area contributed by atoms with E-state index in [1.165, 1.54) is 0 Å². The molecule has 0 radical (unpaired) electrons. The van der Waals surface area contributed by atoms with Gasteiger partial charge in [0.25, 0.3) is 0 Å². The maximum atomic E-state index is 12.1. The fourth-order valence-electron chi connectivity index (χ4n) is 1.53. The van der Waals surface area contributed by atoms with Gasteiger partial charge in [0.05, 0.1) is 0 Å². The molecule has 0 saturated heterocycles. The van der Waals surface area contributed by atoms with Gasteiger partial charge in [-0.3, -0.25) is 0 Å². The summed E-state index contributed by atoms with van der Waals surface area (Å²) in [5, 5.41) is 0. The molecule has 0 aliphatic carbocycles. The smallest absolute Gasteiger partial charge is 0.405 e. The third kappa shape index (κ3) is 2.64. The number of rotatable bonds is 1. The van der Waals surface area contributed by atoms with Gasteiger partial charge in [0.2, 0.25) is 0 Å². The second-order valence-electron chi connectivity index (χ2n) is 3.64. The normalized spacial score (nSPS) is 11.7. The quantitative estimate of drug-likeness (QED) is 0.696. The van der Waals surface area contributed by atoms with Gasteiger partial charge in [-0.25, -0.2) is 0 Å². The molecule has 1 aromatic rings. The highest BCUT2D eigenvalue weighted by Crippen LogP contribution is 2.32. The van der Waals surface area contributed by atoms with Gasteiger partial charge in [0.15, 0.2) is 0 Å². The molecule has 0 fully saturated rings. The summed E-state index contributed by atoms with van der Waals surface area (Å²) in [5.41, 5.74) is 2.86. The number of alkyl halides is 3. The summed E-state index contributed by atoms with van der Waals surface area (Å²) in [6.07, 6.45) is -4.63. The predicted molar refractivity (Wildman–Crippen MR) is 52.1 cm³/mol. The predicted octanol–water partition coefficient (Wildman–Crippen LogP) is 3.82. The van der Waals surface area contributed by atoms with Crippen LogP contribution in [0.4, 0.5) is 13.2 Å². The monoisotopic (exact) mass is 218 g/mol. The third-order valence-corrected chi connectivity index (χ3v) is 2.50. The molecule has 0 N–H and O–H groups in total. The minimum absolute atomic E-state index is 0.0781. The van der Waals surface area contributed by atoms with Crippen molar-refractivity contribution in [1.82, 2.24) is 0 Å². The van der Waals surface area contributed by atoms with Gasteiger partial charge in [-0.05, 0) is 49.9 Å². The van der Waals surface area contributed by atoms with Gasteiger partial charge in [-0.2, -0.15) is 0 Å². The van der Waals surface area contributed by atoms with Crippen LogP contribution < -0.4 is 4.74 Å².